The Kier molecular flexibility index (Phi) is 5.42. The summed E-state index contributed by atoms with van der Waals surface area (Å²) in [6, 6.07) is 4.03. The second kappa shape index (κ2) is 7.11. The first kappa shape index (κ1) is 16.8. The molecular formula is C14H15ClN2O4S. The van der Waals surface area contributed by atoms with E-state index in [1.165, 1.54) is 22.5 Å². The SMILES string of the molecule is C#CCNC(=O)c1cc(S(=O)(=O)N2CCOCC2)ccc1Cl. The van der Waals surface area contributed by atoms with Crippen molar-refractivity contribution in [2.75, 3.05) is 32.8 Å². The van der Waals surface area contributed by atoms with Crippen LogP contribution in [0.5, 0.6) is 0 Å². The Labute approximate surface area is 134 Å². The van der Waals surface area contributed by atoms with Gasteiger partial charge in [0.05, 0.1) is 35.2 Å². The molecule has 8 heteroatoms. The van der Waals surface area contributed by atoms with E-state index in [0.717, 1.165) is 0 Å². The third kappa shape index (κ3) is 3.59. The molecule has 2 rings (SSSR count). The van der Waals surface area contributed by atoms with Gasteiger partial charge in [0.15, 0.2) is 0 Å². The van der Waals surface area contributed by atoms with Gasteiger partial charge in [-0.1, -0.05) is 17.5 Å². The quantitative estimate of drug-likeness (QED) is 0.818. The third-order valence-electron chi connectivity index (χ3n) is 3.14. The molecule has 1 saturated heterocycles. The van der Waals surface area contributed by atoms with Gasteiger partial charge in [-0.3, -0.25) is 4.79 Å². The highest BCUT2D eigenvalue weighted by Crippen LogP contribution is 2.23. The van der Waals surface area contributed by atoms with E-state index in [1.54, 1.807) is 0 Å². The molecule has 0 atom stereocenters. The minimum absolute atomic E-state index is 0.0182. The molecule has 1 fully saturated rings. The molecule has 0 spiro atoms. The van der Waals surface area contributed by atoms with Gasteiger partial charge in [0.2, 0.25) is 10.0 Å². The predicted octanol–water partition coefficient (Wildman–Crippen LogP) is 0.724. The molecule has 0 bridgehead atoms. The number of halogens is 1. The van der Waals surface area contributed by atoms with Gasteiger partial charge in [-0.25, -0.2) is 8.42 Å². The number of hydrogen-bond acceptors (Lipinski definition) is 4. The van der Waals surface area contributed by atoms with E-state index >= 15 is 0 Å². The van der Waals surface area contributed by atoms with Crippen molar-refractivity contribution in [3.05, 3.63) is 28.8 Å². The van der Waals surface area contributed by atoms with Crippen LogP contribution in [0.25, 0.3) is 0 Å². The van der Waals surface area contributed by atoms with Crippen LogP contribution in [0.4, 0.5) is 0 Å². The zero-order chi connectivity index (χ0) is 16.2. The maximum absolute atomic E-state index is 12.6. The van der Waals surface area contributed by atoms with E-state index < -0.39 is 15.9 Å². The van der Waals surface area contributed by atoms with Crippen molar-refractivity contribution in [1.29, 1.82) is 0 Å². The largest absolute Gasteiger partial charge is 0.379 e. The van der Waals surface area contributed by atoms with Crippen LogP contribution < -0.4 is 5.32 Å². The first-order chi connectivity index (χ1) is 10.5. The Balaban J connectivity index is 2.32. The van der Waals surface area contributed by atoms with Crippen molar-refractivity contribution >= 4 is 27.5 Å². The van der Waals surface area contributed by atoms with E-state index in [9.17, 15) is 13.2 Å². The summed E-state index contributed by atoms with van der Waals surface area (Å²) >= 11 is 5.96. The van der Waals surface area contributed by atoms with E-state index in [0.29, 0.717) is 13.2 Å². The van der Waals surface area contributed by atoms with Crippen LogP contribution >= 0.6 is 11.6 Å². The second-order valence-corrected chi connectivity index (χ2v) is 6.89. The van der Waals surface area contributed by atoms with Crippen LogP contribution in [0.2, 0.25) is 5.02 Å². The number of nitrogens with one attached hydrogen (secondary N) is 1. The average Bonchev–Trinajstić information content (AvgIpc) is 2.53. The summed E-state index contributed by atoms with van der Waals surface area (Å²) in [7, 11) is -3.68. The first-order valence-corrected chi connectivity index (χ1v) is 8.37. The molecule has 118 valence electrons. The number of sulfonamides is 1. The van der Waals surface area contributed by atoms with Crippen molar-refractivity contribution in [3.63, 3.8) is 0 Å². The van der Waals surface area contributed by atoms with E-state index in [2.05, 4.69) is 11.2 Å². The van der Waals surface area contributed by atoms with Crippen molar-refractivity contribution in [2.45, 2.75) is 4.90 Å². The number of carbonyl (C=O) groups is 1. The van der Waals surface area contributed by atoms with Crippen molar-refractivity contribution in [1.82, 2.24) is 9.62 Å². The highest BCUT2D eigenvalue weighted by Gasteiger charge is 2.27. The number of ether oxygens (including phenoxy) is 1. The highest BCUT2D eigenvalue weighted by atomic mass is 35.5. The predicted molar refractivity (Wildman–Crippen MR) is 82.2 cm³/mol. The fourth-order valence-electron chi connectivity index (χ4n) is 2.00. The topological polar surface area (TPSA) is 75.7 Å². The molecule has 1 N–H and O–H groups in total. The Hall–Kier alpha value is -1.59. The van der Waals surface area contributed by atoms with E-state index in [1.807, 2.05) is 0 Å². The zero-order valence-electron chi connectivity index (χ0n) is 11.7. The van der Waals surface area contributed by atoms with Gasteiger partial charge >= 0.3 is 0 Å². The van der Waals surface area contributed by atoms with Crippen molar-refractivity contribution < 1.29 is 17.9 Å². The van der Waals surface area contributed by atoms with Gasteiger partial charge in [-0.15, -0.1) is 6.42 Å². The van der Waals surface area contributed by atoms with Gasteiger partial charge in [0, 0.05) is 13.1 Å². The molecule has 22 heavy (non-hydrogen) atoms. The van der Waals surface area contributed by atoms with Crippen LogP contribution in [0.3, 0.4) is 0 Å². The maximum atomic E-state index is 12.6. The molecule has 1 aromatic rings. The molecule has 6 nitrogen and oxygen atoms in total. The minimum Gasteiger partial charge on any atom is -0.379 e. The summed E-state index contributed by atoms with van der Waals surface area (Å²) < 4.78 is 31.6. The lowest BCUT2D eigenvalue weighted by atomic mass is 10.2. The fraction of sp³-hybridized carbons (Fsp3) is 0.357. The summed E-state index contributed by atoms with van der Waals surface area (Å²) in [5.41, 5.74) is 0.0752. The van der Waals surface area contributed by atoms with Gasteiger partial charge in [-0.2, -0.15) is 4.31 Å². The summed E-state index contributed by atoms with van der Waals surface area (Å²) in [4.78, 5) is 12.0. The van der Waals surface area contributed by atoms with Crippen LogP contribution in [0, 0.1) is 12.3 Å². The lowest BCUT2D eigenvalue weighted by molar-refractivity contribution is 0.0730. The Morgan fingerprint density at radius 3 is 2.73 bits per heavy atom. The first-order valence-electron chi connectivity index (χ1n) is 6.56. The summed E-state index contributed by atoms with van der Waals surface area (Å²) in [6.07, 6.45) is 5.08. The van der Waals surface area contributed by atoms with Crippen molar-refractivity contribution in [3.8, 4) is 12.3 Å². The Morgan fingerprint density at radius 1 is 1.41 bits per heavy atom. The molecule has 0 saturated carbocycles. The van der Waals surface area contributed by atoms with Gasteiger partial charge in [-0.05, 0) is 18.2 Å². The standard InChI is InChI=1S/C14H15ClN2O4S/c1-2-5-16-14(18)12-10-11(3-4-13(12)15)22(19,20)17-6-8-21-9-7-17/h1,3-4,10H,5-9H2,(H,16,18). The molecule has 1 aromatic carbocycles. The van der Waals surface area contributed by atoms with Crippen LogP contribution in [-0.2, 0) is 14.8 Å². The number of terminal acetylenes is 1. The van der Waals surface area contributed by atoms with Crippen molar-refractivity contribution in [2.24, 2.45) is 0 Å². The van der Waals surface area contributed by atoms with Gasteiger partial charge in [0.25, 0.3) is 5.91 Å². The molecule has 0 radical (unpaired) electrons. The number of nitrogens with zero attached hydrogens (tertiary/aromatic N) is 1. The number of benzene rings is 1. The highest BCUT2D eigenvalue weighted by molar-refractivity contribution is 7.89. The van der Waals surface area contributed by atoms with Crippen LogP contribution in [0.15, 0.2) is 23.1 Å². The van der Waals surface area contributed by atoms with Gasteiger partial charge < -0.3 is 10.1 Å². The number of carbonyl (C=O) groups excluding carboxylic acids is 1. The number of rotatable bonds is 4. The zero-order valence-corrected chi connectivity index (χ0v) is 13.3. The average molecular weight is 343 g/mol. The number of hydrogen-bond donors (Lipinski definition) is 1. The summed E-state index contributed by atoms with van der Waals surface area (Å²) in [5.74, 6) is 1.76. The fourth-order valence-corrected chi connectivity index (χ4v) is 3.64. The number of morpholine rings is 1. The normalized spacial score (nSPS) is 16.0. The summed E-state index contributed by atoms with van der Waals surface area (Å²) in [5, 5.41) is 2.62. The summed E-state index contributed by atoms with van der Waals surface area (Å²) in [6.45, 7) is 1.30. The third-order valence-corrected chi connectivity index (χ3v) is 5.37. The minimum atomic E-state index is -3.68. The molecule has 0 unspecified atom stereocenters. The smallest absolute Gasteiger partial charge is 0.253 e. The van der Waals surface area contributed by atoms with E-state index in [4.69, 9.17) is 22.8 Å². The molecule has 1 aliphatic heterocycles. The lowest BCUT2D eigenvalue weighted by Crippen LogP contribution is -2.40. The van der Waals surface area contributed by atoms with Crippen LogP contribution in [0.1, 0.15) is 10.4 Å². The Bertz CT molecular complexity index is 706. The second-order valence-electron chi connectivity index (χ2n) is 4.54. The molecule has 0 aromatic heterocycles. The molecule has 0 aliphatic carbocycles. The maximum Gasteiger partial charge on any atom is 0.253 e. The Morgan fingerprint density at radius 2 is 2.09 bits per heavy atom. The lowest BCUT2D eigenvalue weighted by Gasteiger charge is -2.26. The molecular weight excluding hydrogens is 328 g/mol. The van der Waals surface area contributed by atoms with Gasteiger partial charge in [0.1, 0.15) is 0 Å². The molecule has 1 aliphatic rings. The monoisotopic (exact) mass is 342 g/mol. The van der Waals surface area contributed by atoms with E-state index in [-0.39, 0.29) is 35.1 Å². The molecule has 1 heterocycles. The van der Waals surface area contributed by atoms with Crippen LogP contribution in [-0.4, -0.2) is 51.5 Å². The number of amides is 1. The molecule has 1 amide bonds.